The number of methoxy groups -OCH3 is 1. The first-order valence-corrected chi connectivity index (χ1v) is 9.33. The lowest BCUT2D eigenvalue weighted by Gasteiger charge is -2.12. The highest BCUT2D eigenvalue weighted by molar-refractivity contribution is 5.79. The average molecular weight is 358 g/mol. The molecule has 6 nitrogen and oxygen atoms in total. The Balaban J connectivity index is 1.97. The van der Waals surface area contributed by atoms with Crippen LogP contribution in [-0.4, -0.2) is 31.3 Å². The zero-order valence-corrected chi connectivity index (χ0v) is 16.3. The minimum atomic E-state index is 0.574. The number of benzene rings is 1. The summed E-state index contributed by atoms with van der Waals surface area (Å²) in [4.78, 5) is 4.71. The van der Waals surface area contributed by atoms with Gasteiger partial charge in [0.2, 0.25) is 0 Å². The van der Waals surface area contributed by atoms with E-state index < -0.39 is 0 Å². The van der Waals surface area contributed by atoms with Gasteiger partial charge in [0.05, 0.1) is 19.3 Å². The fourth-order valence-electron chi connectivity index (χ4n) is 2.77. The highest BCUT2D eigenvalue weighted by Gasteiger charge is 2.13. The average Bonchev–Trinajstić information content (AvgIpc) is 3.08. The number of nitrogens with one attached hydrogen (secondary N) is 2. The van der Waals surface area contributed by atoms with Crippen LogP contribution in [-0.2, 0) is 25.8 Å². The van der Waals surface area contributed by atoms with Crippen molar-refractivity contribution in [3.63, 3.8) is 0 Å². The Kier molecular flexibility index (Phi) is 7.99. The lowest BCUT2D eigenvalue weighted by Crippen LogP contribution is -2.38. The molecule has 0 aliphatic rings. The molecular weight excluding hydrogens is 328 g/mol. The fourth-order valence-corrected chi connectivity index (χ4v) is 2.77. The van der Waals surface area contributed by atoms with E-state index in [2.05, 4.69) is 48.7 Å². The summed E-state index contributed by atoms with van der Waals surface area (Å²) in [5.74, 6) is 2.62. The highest BCUT2D eigenvalue weighted by atomic mass is 16.5. The van der Waals surface area contributed by atoms with Gasteiger partial charge in [0.15, 0.2) is 5.96 Å². The molecule has 0 atom stereocenters. The Morgan fingerprint density at radius 2 is 2.04 bits per heavy atom. The van der Waals surface area contributed by atoms with E-state index in [1.54, 1.807) is 7.11 Å². The molecular formula is C20H30N4O2. The minimum Gasteiger partial charge on any atom is -0.497 e. The first-order chi connectivity index (χ1) is 12.7. The molecule has 2 rings (SSSR count). The largest absolute Gasteiger partial charge is 0.497 e. The number of nitrogens with zero attached hydrogens (tertiary/aromatic N) is 2. The zero-order chi connectivity index (χ0) is 18.8. The van der Waals surface area contributed by atoms with Gasteiger partial charge in [0.25, 0.3) is 0 Å². The molecule has 0 saturated heterocycles. The van der Waals surface area contributed by atoms with Crippen molar-refractivity contribution in [1.29, 1.82) is 0 Å². The first kappa shape index (κ1) is 19.8. The lowest BCUT2D eigenvalue weighted by molar-refractivity contribution is 0.380. The van der Waals surface area contributed by atoms with Crippen molar-refractivity contribution in [3.05, 3.63) is 46.8 Å². The number of aryl methyl sites for hydroxylation is 2. The zero-order valence-electron chi connectivity index (χ0n) is 16.3. The number of aromatic nitrogens is 1. The Morgan fingerprint density at radius 3 is 2.73 bits per heavy atom. The monoisotopic (exact) mass is 358 g/mol. The van der Waals surface area contributed by atoms with Gasteiger partial charge < -0.3 is 19.9 Å². The van der Waals surface area contributed by atoms with E-state index in [1.807, 2.05) is 12.1 Å². The van der Waals surface area contributed by atoms with Gasteiger partial charge in [-0.05, 0) is 37.5 Å². The van der Waals surface area contributed by atoms with Gasteiger partial charge in [-0.2, -0.15) is 0 Å². The van der Waals surface area contributed by atoms with E-state index in [1.165, 1.54) is 5.56 Å². The summed E-state index contributed by atoms with van der Waals surface area (Å²) in [6.07, 6.45) is 2.58. The maximum absolute atomic E-state index is 5.42. The molecule has 26 heavy (non-hydrogen) atoms. The molecule has 0 spiro atoms. The van der Waals surface area contributed by atoms with Crippen LogP contribution in [0.2, 0.25) is 0 Å². The van der Waals surface area contributed by atoms with E-state index in [9.17, 15) is 0 Å². The van der Waals surface area contributed by atoms with Crippen LogP contribution in [0.25, 0.3) is 0 Å². The number of guanidine groups is 1. The summed E-state index contributed by atoms with van der Waals surface area (Å²) < 4.78 is 10.7. The molecule has 142 valence electrons. The first-order valence-electron chi connectivity index (χ1n) is 9.33. The number of hydrogen-bond acceptors (Lipinski definition) is 4. The topological polar surface area (TPSA) is 71.7 Å². The highest BCUT2D eigenvalue weighted by Crippen LogP contribution is 2.17. The second kappa shape index (κ2) is 10.5. The molecule has 0 amide bonds. The molecule has 0 radical (unpaired) electrons. The second-order valence-corrected chi connectivity index (χ2v) is 5.96. The molecule has 0 fully saturated rings. The van der Waals surface area contributed by atoms with E-state index in [0.29, 0.717) is 6.54 Å². The molecule has 2 aromatic rings. The van der Waals surface area contributed by atoms with Crippen molar-refractivity contribution < 1.29 is 9.26 Å². The molecule has 0 bridgehead atoms. The van der Waals surface area contributed by atoms with E-state index in [0.717, 1.165) is 61.1 Å². The predicted octanol–water partition coefficient (Wildman–Crippen LogP) is 3.11. The van der Waals surface area contributed by atoms with Crippen LogP contribution in [0.3, 0.4) is 0 Å². The number of aliphatic imine (C=N–C) groups is 1. The fraction of sp³-hybridized carbons (Fsp3) is 0.500. The van der Waals surface area contributed by atoms with Crippen LogP contribution >= 0.6 is 0 Å². The third-order valence-electron chi connectivity index (χ3n) is 4.19. The van der Waals surface area contributed by atoms with Gasteiger partial charge in [0, 0.05) is 25.1 Å². The molecule has 1 aromatic carbocycles. The normalized spacial score (nSPS) is 11.5. The SMILES string of the molecule is CCNC(=NCc1c(CC)noc1CC)NCCc1cccc(OC)c1. The van der Waals surface area contributed by atoms with Crippen LogP contribution in [0.1, 0.15) is 43.4 Å². The van der Waals surface area contributed by atoms with E-state index in [4.69, 9.17) is 14.3 Å². The number of rotatable bonds is 9. The van der Waals surface area contributed by atoms with Gasteiger partial charge in [0.1, 0.15) is 11.5 Å². The molecule has 6 heteroatoms. The molecule has 0 unspecified atom stereocenters. The van der Waals surface area contributed by atoms with Crippen molar-refractivity contribution in [2.45, 2.75) is 46.6 Å². The van der Waals surface area contributed by atoms with Crippen molar-refractivity contribution in [3.8, 4) is 5.75 Å². The van der Waals surface area contributed by atoms with Crippen LogP contribution in [0, 0.1) is 0 Å². The summed E-state index contributed by atoms with van der Waals surface area (Å²) in [6, 6.07) is 8.13. The van der Waals surface area contributed by atoms with Crippen LogP contribution in [0.4, 0.5) is 0 Å². The number of ether oxygens (including phenoxy) is 1. The Labute approximate surface area is 156 Å². The smallest absolute Gasteiger partial charge is 0.191 e. The molecule has 1 aromatic heterocycles. The van der Waals surface area contributed by atoms with Crippen LogP contribution < -0.4 is 15.4 Å². The van der Waals surface area contributed by atoms with Crippen LogP contribution in [0.5, 0.6) is 5.75 Å². The maximum atomic E-state index is 5.42. The van der Waals surface area contributed by atoms with Crippen molar-refractivity contribution in [2.24, 2.45) is 4.99 Å². The van der Waals surface area contributed by atoms with Crippen molar-refractivity contribution in [2.75, 3.05) is 20.2 Å². The van der Waals surface area contributed by atoms with Gasteiger partial charge in [-0.25, -0.2) is 4.99 Å². The molecule has 1 heterocycles. The second-order valence-electron chi connectivity index (χ2n) is 5.96. The Bertz CT molecular complexity index is 688. The molecule has 0 aliphatic carbocycles. The summed E-state index contributed by atoms with van der Waals surface area (Å²) >= 11 is 0. The minimum absolute atomic E-state index is 0.574. The summed E-state index contributed by atoms with van der Waals surface area (Å²) in [5, 5.41) is 10.8. The Morgan fingerprint density at radius 1 is 1.19 bits per heavy atom. The maximum Gasteiger partial charge on any atom is 0.191 e. The van der Waals surface area contributed by atoms with Crippen LogP contribution in [0.15, 0.2) is 33.8 Å². The molecule has 0 saturated carbocycles. The van der Waals surface area contributed by atoms with Gasteiger partial charge in [-0.3, -0.25) is 0 Å². The van der Waals surface area contributed by atoms with Gasteiger partial charge >= 0.3 is 0 Å². The third kappa shape index (κ3) is 5.51. The third-order valence-corrected chi connectivity index (χ3v) is 4.19. The predicted molar refractivity (Wildman–Crippen MR) is 105 cm³/mol. The van der Waals surface area contributed by atoms with Gasteiger partial charge in [-0.1, -0.05) is 31.1 Å². The number of hydrogen-bond donors (Lipinski definition) is 2. The lowest BCUT2D eigenvalue weighted by atomic mass is 10.1. The Hall–Kier alpha value is -2.50. The standard InChI is InChI=1S/C20H30N4O2/c1-5-18-17(19(6-2)26-24-18)14-23-20(21-7-3)22-12-11-15-9-8-10-16(13-15)25-4/h8-10,13H,5-7,11-12,14H2,1-4H3,(H2,21,22,23). The van der Waals surface area contributed by atoms with Crippen molar-refractivity contribution >= 4 is 5.96 Å². The summed E-state index contributed by atoms with van der Waals surface area (Å²) in [6.45, 7) is 8.41. The molecule has 0 aliphatic heterocycles. The molecule has 2 N–H and O–H groups in total. The quantitative estimate of drug-likeness (QED) is 0.532. The van der Waals surface area contributed by atoms with Crippen molar-refractivity contribution in [1.82, 2.24) is 15.8 Å². The van der Waals surface area contributed by atoms with E-state index in [-0.39, 0.29) is 0 Å². The summed E-state index contributed by atoms with van der Waals surface area (Å²) in [7, 11) is 1.69. The van der Waals surface area contributed by atoms with Gasteiger partial charge in [-0.15, -0.1) is 0 Å². The van der Waals surface area contributed by atoms with E-state index >= 15 is 0 Å². The summed E-state index contributed by atoms with van der Waals surface area (Å²) in [5.41, 5.74) is 3.34.